The van der Waals surface area contributed by atoms with E-state index in [1.165, 1.54) is 12.8 Å². The Morgan fingerprint density at radius 1 is 1.41 bits per heavy atom. The monoisotopic (exact) mass is 244 g/mol. The lowest BCUT2D eigenvalue weighted by Crippen LogP contribution is -2.39. The number of ether oxygens (including phenoxy) is 1. The van der Waals surface area contributed by atoms with Gasteiger partial charge in [-0.2, -0.15) is 0 Å². The number of carboxylic acids is 1. The van der Waals surface area contributed by atoms with Crippen LogP contribution in [-0.2, 0) is 9.53 Å². The lowest BCUT2D eigenvalue weighted by Gasteiger charge is -2.12. The van der Waals surface area contributed by atoms with Gasteiger partial charge in [0.1, 0.15) is 6.61 Å². The third kappa shape index (κ3) is 6.78. The minimum Gasteiger partial charge on any atom is -0.480 e. The van der Waals surface area contributed by atoms with E-state index in [4.69, 9.17) is 9.84 Å². The van der Waals surface area contributed by atoms with Crippen LogP contribution in [0.3, 0.4) is 0 Å². The fraction of sp³-hybridized carbons (Fsp3) is 0.818. The van der Waals surface area contributed by atoms with Crippen molar-refractivity contribution in [2.45, 2.75) is 19.8 Å². The third-order valence-electron chi connectivity index (χ3n) is 2.77. The van der Waals surface area contributed by atoms with E-state index in [0.29, 0.717) is 19.0 Å². The molecule has 0 heterocycles. The predicted octanol–water partition coefficient (Wildman–Crippen LogP) is 0.433. The molecule has 6 heteroatoms. The molecule has 0 aliphatic heterocycles. The summed E-state index contributed by atoms with van der Waals surface area (Å²) in [5, 5.41) is 13.7. The number of nitrogens with one attached hydrogen (secondary N) is 2. The van der Waals surface area contributed by atoms with Gasteiger partial charge in [0.05, 0.1) is 6.61 Å². The molecule has 1 rings (SSSR count). The molecular formula is C11H20N2O4. The Kier molecular flexibility index (Phi) is 5.76. The van der Waals surface area contributed by atoms with Gasteiger partial charge in [0, 0.05) is 13.1 Å². The summed E-state index contributed by atoms with van der Waals surface area (Å²) in [6.45, 7) is 3.01. The first kappa shape index (κ1) is 13.8. The molecule has 1 saturated carbocycles. The summed E-state index contributed by atoms with van der Waals surface area (Å²) in [6.07, 6.45) is 2.54. The molecule has 0 saturated heterocycles. The van der Waals surface area contributed by atoms with Crippen LogP contribution in [0.25, 0.3) is 0 Å². The molecule has 0 aromatic heterocycles. The second-order valence-corrected chi connectivity index (χ2v) is 4.40. The highest BCUT2D eigenvalue weighted by atomic mass is 16.5. The lowest BCUT2D eigenvalue weighted by atomic mass is 10.1. The molecule has 6 nitrogen and oxygen atoms in total. The minimum absolute atomic E-state index is 0.206. The second-order valence-electron chi connectivity index (χ2n) is 4.40. The minimum atomic E-state index is -1.01. The van der Waals surface area contributed by atoms with Crippen molar-refractivity contribution in [1.29, 1.82) is 0 Å². The summed E-state index contributed by atoms with van der Waals surface area (Å²) >= 11 is 0. The van der Waals surface area contributed by atoms with E-state index in [0.717, 1.165) is 5.92 Å². The van der Waals surface area contributed by atoms with Crippen molar-refractivity contribution in [2.24, 2.45) is 11.8 Å². The zero-order valence-electron chi connectivity index (χ0n) is 10.1. The maximum atomic E-state index is 11.3. The first-order chi connectivity index (χ1) is 8.09. The molecule has 0 aromatic carbocycles. The zero-order valence-corrected chi connectivity index (χ0v) is 10.1. The Bertz CT molecular complexity index is 266. The molecule has 2 amide bonds. The number of hydrogen-bond donors (Lipinski definition) is 3. The summed E-state index contributed by atoms with van der Waals surface area (Å²) in [5.41, 5.74) is 0. The van der Waals surface area contributed by atoms with Gasteiger partial charge in [-0.3, -0.25) is 0 Å². The molecule has 0 spiro atoms. The normalized spacial score (nSPS) is 16.3. The number of carboxylic acid groups (broad SMARTS) is 1. The highest BCUT2D eigenvalue weighted by molar-refractivity contribution is 5.73. The van der Waals surface area contributed by atoms with E-state index in [1.807, 2.05) is 0 Å². The Hall–Kier alpha value is -1.30. The van der Waals surface area contributed by atoms with Crippen molar-refractivity contribution in [1.82, 2.24) is 10.6 Å². The van der Waals surface area contributed by atoms with Crippen molar-refractivity contribution in [2.75, 3.05) is 26.3 Å². The van der Waals surface area contributed by atoms with Crippen LogP contribution in [0.4, 0.5) is 4.79 Å². The van der Waals surface area contributed by atoms with Gasteiger partial charge < -0.3 is 20.5 Å². The first-order valence-corrected chi connectivity index (χ1v) is 5.91. The van der Waals surface area contributed by atoms with Crippen LogP contribution in [-0.4, -0.2) is 43.4 Å². The van der Waals surface area contributed by atoms with Crippen molar-refractivity contribution in [3.8, 4) is 0 Å². The van der Waals surface area contributed by atoms with Gasteiger partial charge in [0.15, 0.2) is 0 Å². The summed E-state index contributed by atoms with van der Waals surface area (Å²) < 4.78 is 4.78. The summed E-state index contributed by atoms with van der Waals surface area (Å²) in [5.74, 6) is 0.297. The van der Waals surface area contributed by atoms with Gasteiger partial charge in [-0.15, -0.1) is 0 Å². The lowest BCUT2D eigenvalue weighted by molar-refractivity contribution is -0.142. The van der Waals surface area contributed by atoms with Crippen molar-refractivity contribution in [3.63, 3.8) is 0 Å². The highest BCUT2D eigenvalue weighted by Crippen LogP contribution is 2.35. The first-order valence-electron chi connectivity index (χ1n) is 5.91. The van der Waals surface area contributed by atoms with E-state index in [9.17, 15) is 9.59 Å². The molecule has 1 unspecified atom stereocenters. The largest absolute Gasteiger partial charge is 0.480 e. The molecule has 1 aliphatic rings. The zero-order chi connectivity index (χ0) is 12.7. The Labute approximate surface area is 101 Å². The van der Waals surface area contributed by atoms with E-state index >= 15 is 0 Å². The molecule has 3 N–H and O–H groups in total. The van der Waals surface area contributed by atoms with Crippen LogP contribution < -0.4 is 10.6 Å². The quantitative estimate of drug-likeness (QED) is 0.540. The van der Waals surface area contributed by atoms with Crippen molar-refractivity contribution < 1.29 is 19.4 Å². The van der Waals surface area contributed by atoms with Gasteiger partial charge >= 0.3 is 12.0 Å². The smallest absolute Gasteiger partial charge is 0.329 e. The number of urea groups is 1. The number of aliphatic carboxylic acids is 1. The summed E-state index contributed by atoms with van der Waals surface area (Å²) in [4.78, 5) is 21.4. The maximum Gasteiger partial charge on any atom is 0.329 e. The van der Waals surface area contributed by atoms with Gasteiger partial charge in [-0.05, 0) is 24.7 Å². The number of carbonyl (C=O) groups excluding carboxylic acids is 1. The van der Waals surface area contributed by atoms with Crippen LogP contribution in [0, 0.1) is 11.8 Å². The van der Waals surface area contributed by atoms with Crippen LogP contribution in [0.1, 0.15) is 19.8 Å². The standard InChI is InChI=1S/C11H20N2O4/c1-8(9-2-3-9)6-13-11(16)12-4-5-17-7-10(14)15/h8-9H,2-7H2,1H3,(H,14,15)(H2,12,13,16). The average Bonchev–Trinajstić information content (AvgIpc) is 3.08. The van der Waals surface area contributed by atoms with Gasteiger partial charge in [0.2, 0.25) is 0 Å². The number of hydrogen-bond acceptors (Lipinski definition) is 3. The van der Waals surface area contributed by atoms with Crippen LogP contribution in [0.2, 0.25) is 0 Å². The molecule has 0 radical (unpaired) electrons. The molecular weight excluding hydrogens is 224 g/mol. The predicted molar refractivity (Wildman–Crippen MR) is 61.7 cm³/mol. The van der Waals surface area contributed by atoms with E-state index in [2.05, 4.69) is 17.6 Å². The van der Waals surface area contributed by atoms with Crippen LogP contribution in [0.5, 0.6) is 0 Å². The molecule has 0 aromatic rings. The Balaban J connectivity index is 1.91. The number of rotatable bonds is 8. The average molecular weight is 244 g/mol. The summed E-state index contributed by atoms with van der Waals surface area (Å²) in [7, 11) is 0. The Morgan fingerprint density at radius 2 is 2.12 bits per heavy atom. The molecule has 17 heavy (non-hydrogen) atoms. The SMILES string of the molecule is CC(CNC(=O)NCCOCC(=O)O)C1CC1. The maximum absolute atomic E-state index is 11.3. The van der Waals surface area contributed by atoms with Crippen molar-refractivity contribution in [3.05, 3.63) is 0 Å². The highest BCUT2D eigenvalue weighted by Gasteiger charge is 2.27. The van der Waals surface area contributed by atoms with Crippen LogP contribution in [0.15, 0.2) is 0 Å². The molecule has 98 valence electrons. The molecule has 1 aliphatic carbocycles. The van der Waals surface area contributed by atoms with Gasteiger partial charge in [-0.25, -0.2) is 9.59 Å². The summed E-state index contributed by atoms with van der Waals surface area (Å²) in [6, 6.07) is -0.226. The molecule has 1 atom stereocenters. The fourth-order valence-electron chi connectivity index (χ4n) is 1.54. The van der Waals surface area contributed by atoms with E-state index < -0.39 is 5.97 Å². The van der Waals surface area contributed by atoms with E-state index in [1.54, 1.807) is 0 Å². The Morgan fingerprint density at radius 3 is 2.71 bits per heavy atom. The fourth-order valence-corrected chi connectivity index (χ4v) is 1.54. The number of carbonyl (C=O) groups is 2. The second kappa shape index (κ2) is 7.11. The molecule has 1 fully saturated rings. The molecule has 0 bridgehead atoms. The van der Waals surface area contributed by atoms with Crippen molar-refractivity contribution >= 4 is 12.0 Å². The van der Waals surface area contributed by atoms with Gasteiger partial charge in [-0.1, -0.05) is 6.92 Å². The van der Waals surface area contributed by atoms with Gasteiger partial charge in [0.25, 0.3) is 0 Å². The van der Waals surface area contributed by atoms with E-state index in [-0.39, 0.29) is 19.2 Å². The third-order valence-corrected chi connectivity index (χ3v) is 2.77. The van der Waals surface area contributed by atoms with Crippen LogP contribution >= 0.6 is 0 Å². The topological polar surface area (TPSA) is 87.7 Å². The number of amides is 2.